The van der Waals surface area contributed by atoms with Crippen LogP contribution >= 0.6 is 22.6 Å². The van der Waals surface area contributed by atoms with Gasteiger partial charge in [0.15, 0.2) is 0 Å². The number of azide groups is 1. The van der Waals surface area contributed by atoms with E-state index in [9.17, 15) is 24.3 Å². The van der Waals surface area contributed by atoms with Gasteiger partial charge in [-0.25, -0.2) is 0 Å². The molecule has 2 saturated heterocycles. The van der Waals surface area contributed by atoms with E-state index in [4.69, 9.17) is 11.3 Å². The van der Waals surface area contributed by atoms with E-state index in [2.05, 4.69) is 26.0 Å². The molecule has 2 aliphatic heterocycles. The Morgan fingerprint density at radius 1 is 1.38 bits per heavy atom. The van der Waals surface area contributed by atoms with E-state index in [-0.39, 0.29) is 47.8 Å². The molecule has 0 aromatic heterocycles. The van der Waals surface area contributed by atoms with E-state index >= 15 is 0 Å². The number of phenols is 1. The number of benzene rings is 1. The van der Waals surface area contributed by atoms with Crippen molar-refractivity contribution < 1.29 is 24.3 Å². The Kier molecular flexibility index (Phi) is 7.37. The first-order valence-electron chi connectivity index (χ1n) is 9.69. The molecule has 0 radical (unpaired) electrons. The maximum Gasteiger partial charge on any atom is 0.255 e. The number of halogens is 1. The van der Waals surface area contributed by atoms with Gasteiger partial charge in [-0.05, 0) is 53.1 Å². The summed E-state index contributed by atoms with van der Waals surface area (Å²) in [6, 6.07) is 0.911. The summed E-state index contributed by atoms with van der Waals surface area (Å²) < 4.78 is 0.497. The van der Waals surface area contributed by atoms with Gasteiger partial charge in [-0.2, -0.15) is 0 Å². The van der Waals surface area contributed by atoms with Gasteiger partial charge in [-0.1, -0.05) is 5.11 Å². The SMILES string of the molecule is [N-]=[N+]=Nc1cc(O)c(C(=O)N[C@H]2CN[C@H](C(=O)N[C@@H]3CCN(CC(N)=O)C3=O)C2)cc1I. The lowest BCUT2D eigenvalue weighted by Crippen LogP contribution is -2.48. The molecule has 14 heteroatoms. The summed E-state index contributed by atoms with van der Waals surface area (Å²) in [5.74, 6) is -2.21. The zero-order valence-electron chi connectivity index (χ0n) is 16.7. The zero-order chi connectivity index (χ0) is 23.4. The van der Waals surface area contributed by atoms with Crippen LogP contribution in [0.15, 0.2) is 17.2 Å². The van der Waals surface area contributed by atoms with Crippen LogP contribution in [0, 0.1) is 3.57 Å². The summed E-state index contributed by atoms with van der Waals surface area (Å²) in [7, 11) is 0. The van der Waals surface area contributed by atoms with Crippen molar-refractivity contribution in [2.75, 3.05) is 19.6 Å². The first kappa shape index (κ1) is 23.6. The number of carbonyl (C=O) groups is 4. The van der Waals surface area contributed by atoms with E-state index in [0.29, 0.717) is 23.1 Å². The number of phenolic OH excluding ortho intramolecular Hbond substituents is 1. The molecule has 0 aliphatic carbocycles. The quantitative estimate of drug-likeness (QED) is 0.131. The number of nitrogens with one attached hydrogen (secondary N) is 3. The molecule has 6 N–H and O–H groups in total. The minimum Gasteiger partial charge on any atom is -0.507 e. The molecular formula is C18H21IN8O5. The predicted molar refractivity (Wildman–Crippen MR) is 120 cm³/mol. The van der Waals surface area contributed by atoms with E-state index in [1.165, 1.54) is 17.0 Å². The maximum atomic E-state index is 12.6. The van der Waals surface area contributed by atoms with Crippen molar-refractivity contribution in [1.29, 1.82) is 0 Å². The molecule has 4 amide bonds. The molecule has 3 rings (SSSR count). The number of hydrogen-bond donors (Lipinski definition) is 5. The van der Waals surface area contributed by atoms with Gasteiger partial charge in [0.1, 0.15) is 11.8 Å². The third-order valence-electron chi connectivity index (χ3n) is 5.21. The predicted octanol–water partition coefficient (Wildman–Crippen LogP) is -0.399. The Morgan fingerprint density at radius 3 is 2.81 bits per heavy atom. The lowest BCUT2D eigenvalue weighted by molar-refractivity contribution is -0.135. The molecule has 32 heavy (non-hydrogen) atoms. The Balaban J connectivity index is 1.54. The second kappa shape index (κ2) is 10.0. The molecule has 0 spiro atoms. The molecule has 0 saturated carbocycles. The van der Waals surface area contributed by atoms with Crippen molar-refractivity contribution in [3.05, 3.63) is 31.7 Å². The summed E-state index contributed by atoms with van der Waals surface area (Å²) in [5.41, 5.74) is 13.9. The van der Waals surface area contributed by atoms with Crippen molar-refractivity contribution in [3.63, 3.8) is 0 Å². The standard InChI is InChI=1S/C18H21IN8O5/c19-10-4-9(14(28)5-12(10)25-26-21)16(30)23-8-3-13(22-6-8)17(31)24-11-1-2-27(18(11)32)7-15(20)29/h4-5,8,11,13,22,28H,1-3,6-7H2,(H2,20,29)(H,23,30)(H,24,31)/t8-,11-,13+/m1/s1. The molecule has 2 heterocycles. The normalized spacial score (nSPS) is 22.3. The van der Waals surface area contributed by atoms with Gasteiger partial charge >= 0.3 is 0 Å². The number of amides is 4. The van der Waals surface area contributed by atoms with Crippen molar-refractivity contribution in [2.24, 2.45) is 10.8 Å². The lowest BCUT2D eigenvalue weighted by Gasteiger charge is -2.17. The fourth-order valence-corrected chi connectivity index (χ4v) is 4.23. The second-order valence-corrected chi connectivity index (χ2v) is 8.62. The third-order valence-corrected chi connectivity index (χ3v) is 6.07. The van der Waals surface area contributed by atoms with E-state index in [1.54, 1.807) is 0 Å². The van der Waals surface area contributed by atoms with Gasteiger partial charge in [0.25, 0.3) is 5.91 Å². The average molecular weight is 556 g/mol. The van der Waals surface area contributed by atoms with Gasteiger partial charge in [-0.15, -0.1) is 0 Å². The minimum atomic E-state index is -0.717. The number of primary amides is 1. The lowest BCUT2D eigenvalue weighted by atomic mass is 10.1. The molecule has 0 bridgehead atoms. The number of nitrogens with two attached hydrogens (primary N) is 1. The van der Waals surface area contributed by atoms with Gasteiger partial charge in [0.05, 0.1) is 23.8 Å². The van der Waals surface area contributed by atoms with Crippen LogP contribution in [-0.2, 0) is 14.4 Å². The third kappa shape index (κ3) is 5.38. The number of hydrogen-bond acceptors (Lipinski definition) is 7. The largest absolute Gasteiger partial charge is 0.507 e. The number of nitrogens with zero attached hydrogens (tertiary/aromatic N) is 4. The summed E-state index contributed by atoms with van der Waals surface area (Å²) in [6.45, 7) is 0.478. The highest BCUT2D eigenvalue weighted by atomic mass is 127. The summed E-state index contributed by atoms with van der Waals surface area (Å²) in [5, 5.41) is 22.0. The average Bonchev–Trinajstić information content (AvgIpc) is 3.32. The van der Waals surface area contributed by atoms with Crippen molar-refractivity contribution >= 4 is 51.9 Å². The molecule has 2 fully saturated rings. The van der Waals surface area contributed by atoms with Gasteiger partial charge in [-0.3, -0.25) is 19.2 Å². The molecule has 170 valence electrons. The molecule has 1 aromatic rings. The van der Waals surface area contributed by atoms with Crippen LogP contribution < -0.4 is 21.7 Å². The van der Waals surface area contributed by atoms with Crippen LogP contribution in [0.4, 0.5) is 5.69 Å². The van der Waals surface area contributed by atoms with Gasteiger partial charge in [0, 0.05) is 27.6 Å². The molecular weight excluding hydrogens is 535 g/mol. The molecule has 1 aromatic carbocycles. The monoisotopic (exact) mass is 556 g/mol. The van der Waals surface area contributed by atoms with E-state index < -0.39 is 23.9 Å². The molecule has 2 aliphatic rings. The summed E-state index contributed by atoms with van der Waals surface area (Å²) in [6.07, 6.45) is 0.673. The Hall–Kier alpha value is -3.10. The van der Waals surface area contributed by atoms with Crippen LogP contribution in [-0.4, -0.2) is 71.4 Å². The first-order chi connectivity index (χ1) is 15.2. The van der Waals surface area contributed by atoms with Crippen molar-refractivity contribution in [2.45, 2.75) is 31.0 Å². The topological polar surface area (TPSA) is 203 Å². The van der Waals surface area contributed by atoms with Crippen LogP contribution in [0.25, 0.3) is 10.4 Å². The second-order valence-electron chi connectivity index (χ2n) is 7.45. The zero-order valence-corrected chi connectivity index (χ0v) is 18.9. The van der Waals surface area contributed by atoms with Crippen molar-refractivity contribution in [1.82, 2.24) is 20.9 Å². The molecule has 3 atom stereocenters. The highest BCUT2D eigenvalue weighted by molar-refractivity contribution is 14.1. The van der Waals surface area contributed by atoms with Gasteiger partial charge < -0.3 is 31.7 Å². The summed E-state index contributed by atoms with van der Waals surface area (Å²) in [4.78, 5) is 52.4. The van der Waals surface area contributed by atoms with Crippen LogP contribution in [0.1, 0.15) is 23.2 Å². The number of carbonyl (C=O) groups excluding carboxylic acids is 4. The van der Waals surface area contributed by atoms with E-state index in [1.807, 2.05) is 22.6 Å². The first-order valence-corrected chi connectivity index (χ1v) is 10.8. The smallest absolute Gasteiger partial charge is 0.255 e. The number of aromatic hydroxyl groups is 1. The highest BCUT2D eigenvalue weighted by Gasteiger charge is 2.37. The van der Waals surface area contributed by atoms with E-state index in [0.717, 1.165) is 0 Å². The highest BCUT2D eigenvalue weighted by Crippen LogP contribution is 2.30. The number of likely N-dealkylation sites (tertiary alicyclic amines) is 1. The fraction of sp³-hybridized carbons (Fsp3) is 0.444. The minimum absolute atomic E-state index is 0.0188. The van der Waals surface area contributed by atoms with Crippen LogP contribution in [0.2, 0.25) is 0 Å². The maximum absolute atomic E-state index is 12.6. The Labute approximate surface area is 195 Å². The van der Waals surface area contributed by atoms with Gasteiger partial charge in [0.2, 0.25) is 17.7 Å². The van der Waals surface area contributed by atoms with Crippen LogP contribution in [0.5, 0.6) is 5.75 Å². The molecule has 0 unspecified atom stereocenters. The summed E-state index contributed by atoms with van der Waals surface area (Å²) >= 11 is 1.89. The molecule has 13 nitrogen and oxygen atoms in total. The fourth-order valence-electron chi connectivity index (χ4n) is 3.66. The number of rotatable bonds is 7. The van der Waals surface area contributed by atoms with Crippen molar-refractivity contribution in [3.8, 4) is 5.75 Å². The Morgan fingerprint density at radius 2 is 2.12 bits per heavy atom. The Bertz CT molecular complexity index is 1010. The van der Waals surface area contributed by atoms with Crippen LogP contribution in [0.3, 0.4) is 0 Å².